The van der Waals surface area contributed by atoms with Gasteiger partial charge in [-0.1, -0.05) is 11.6 Å². The van der Waals surface area contributed by atoms with Gasteiger partial charge in [0.15, 0.2) is 5.96 Å². The summed E-state index contributed by atoms with van der Waals surface area (Å²) in [5.74, 6) is 0.460. The molecule has 0 aliphatic rings. The number of hydrogen-bond acceptors (Lipinski definition) is 2. The van der Waals surface area contributed by atoms with Crippen molar-refractivity contribution in [2.75, 3.05) is 20.1 Å². The maximum Gasteiger partial charge on any atom is 0.390 e. The third kappa shape index (κ3) is 8.72. The van der Waals surface area contributed by atoms with Crippen molar-refractivity contribution in [1.29, 1.82) is 0 Å². The molecule has 0 fully saturated rings. The highest BCUT2D eigenvalue weighted by molar-refractivity contribution is 14.0. The van der Waals surface area contributed by atoms with Gasteiger partial charge < -0.3 is 10.2 Å². The zero-order chi connectivity index (χ0) is 15.2. The van der Waals surface area contributed by atoms with Gasteiger partial charge in [-0.2, -0.15) is 13.2 Å². The van der Waals surface area contributed by atoms with Crippen LogP contribution < -0.4 is 5.32 Å². The second kappa shape index (κ2) is 9.73. The number of aliphatic imine (C=N–C) groups is 1. The lowest BCUT2D eigenvalue weighted by molar-refractivity contribution is -0.132. The van der Waals surface area contributed by atoms with Crippen LogP contribution in [0.5, 0.6) is 0 Å². The first-order valence-corrected chi connectivity index (χ1v) is 7.31. The molecule has 0 unspecified atom stereocenters. The molecular weight excluding hydrogens is 438 g/mol. The Morgan fingerprint density at radius 2 is 2.10 bits per heavy atom. The fourth-order valence-corrected chi connectivity index (χ4v) is 2.64. The van der Waals surface area contributed by atoms with E-state index in [-0.39, 0.29) is 30.5 Å². The van der Waals surface area contributed by atoms with E-state index in [0.29, 0.717) is 23.4 Å². The minimum Gasteiger partial charge on any atom is -0.357 e. The van der Waals surface area contributed by atoms with Gasteiger partial charge in [0.05, 0.1) is 23.8 Å². The smallest absolute Gasteiger partial charge is 0.357 e. The van der Waals surface area contributed by atoms with Crippen LogP contribution in [-0.4, -0.2) is 37.2 Å². The largest absolute Gasteiger partial charge is 0.390 e. The first-order chi connectivity index (χ1) is 9.31. The molecule has 0 aromatic carbocycles. The Bertz CT molecular complexity index is 451. The lowest BCUT2D eigenvalue weighted by atomic mass is 10.4. The Morgan fingerprint density at radius 1 is 1.43 bits per heavy atom. The number of nitrogens with zero attached hydrogens (tertiary/aromatic N) is 2. The number of guanidine groups is 1. The zero-order valence-electron chi connectivity index (χ0n) is 11.7. The summed E-state index contributed by atoms with van der Waals surface area (Å²) in [6.07, 6.45) is -5.10. The van der Waals surface area contributed by atoms with Crippen molar-refractivity contribution in [3.05, 3.63) is 21.3 Å². The zero-order valence-corrected chi connectivity index (χ0v) is 15.6. The minimum atomic E-state index is -4.18. The average molecular weight is 456 g/mol. The van der Waals surface area contributed by atoms with Crippen molar-refractivity contribution in [3.63, 3.8) is 0 Å². The van der Waals surface area contributed by atoms with Crippen molar-refractivity contribution in [1.82, 2.24) is 10.2 Å². The molecule has 9 heteroatoms. The van der Waals surface area contributed by atoms with E-state index in [1.165, 1.54) is 11.3 Å². The number of nitrogens with one attached hydrogen (secondary N) is 1. The second-order valence-electron chi connectivity index (χ2n) is 4.16. The van der Waals surface area contributed by atoms with E-state index in [1.807, 2.05) is 13.0 Å². The van der Waals surface area contributed by atoms with Crippen molar-refractivity contribution < 1.29 is 13.2 Å². The van der Waals surface area contributed by atoms with Gasteiger partial charge in [0.25, 0.3) is 0 Å². The molecular formula is C12H18ClF3IN3S. The third-order valence-corrected chi connectivity index (χ3v) is 3.59. The van der Waals surface area contributed by atoms with E-state index in [2.05, 4.69) is 10.3 Å². The molecule has 1 rings (SSSR count). The van der Waals surface area contributed by atoms with Gasteiger partial charge in [-0.3, -0.25) is 4.99 Å². The van der Waals surface area contributed by atoms with Gasteiger partial charge >= 0.3 is 6.18 Å². The molecule has 0 amide bonds. The molecule has 1 aromatic rings. The van der Waals surface area contributed by atoms with E-state index in [1.54, 1.807) is 18.0 Å². The van der Waals surface area contributed by atoms with Crippen LogP contribution in [0.25, 0.3) is 0 Å². The van der Waals surface area contributed by atoms with E-state index >= 15 is 0 Å². The van der Waals surface area contributed by atoms with Gasteiger partial charge in [0.2, 0.25) is 0 Å². The van der Waals surface area contributed by atoms with E-state index in [4.69, 9.17) is 11.6 Å². The summed E-state index contributed by atoms with van der Waals surface area (Å²) in [5.41, 5.74) is 0. The number of thiophene rings is 1. The average Bonchev–Trinajstić information content (AvgIpc) is 2.72. The molecule has 1 heterocycles. The highest BCUT2D eigenvalue weighted by atomic mass is 127. The molecule has 0 saturated carbocycles. The summed E-state index contributed by atoms with van der Waals surface area (Å²) in [6.45, 7) is 2.74. The first-order valence-electron chi connectivity index (χ1n) is 6.12. The first kappa shape index (κ1) is 20.8. The maximum atomic E-state index is 12.1. The summed E-state index contributed by atoms with van der Waals surface area (Å²) in [6, 6.07) is 3.69. The fraction of sp³-hybridized carbons (Fsp3) is 0.583. The molecule has 1 N–H and O–H groups in total. The maximum absolute atomic E-state index is 12.1. The molecule has 0 aliphatic carbocycles. The van der Waals surface area contributed by atoms with E-state index in [0.717, 1.165) is 4.88 Å². The van der Waals surface area contributed by atoms with Crippen LogP contribution in [0.1, 0.15) is 18.2 Å². The van der Waals surface area contributed by atoms with Crippen molar-refractivity contribution in [3.8, 4) is 0 Å². The Hall–Kier alpha value is -0.220. The number of hydrogen-bond donors (Lipinski definition) is 1. The van der Waals surface area contributed by atoms with Crippen molar-refractivity contribution in [2.45, 2.75) is 26.1 Å². The van der Waals surface area contributed by atoms with Crippen LogP contribution in [0.2, 0.25) is 4.34 Å². The number of alkyl halides is 3. The van der Waals surface area contributed by atoms with Crippen LogP contribution in [-0.2, 0) is 6.54 Å². The minimum absolute atomic E-state index is 0. The Kier molecular flexibility index (Phi) is 9.63. The SMILES string of the molecule is CCNC(=NCCC(F)(F)F)N(C)Cc1ccc(Cl)s1.I. The molecule has 3 nitrogen and oxygen atoms in total. The van der Waals surface area contributed by atoms with Gasteiger partial charge in [0, 0.05) is 18.5 Å². The highest BCUT2D eigenvalue weighted by Crippen LogP contribution is 2.22. The predicted molar refractivity (Wildman–Crippen MR) is 92.9 cm³/mol. The second-order valence-corrected chi connectivity index (χ2v) is 5.96. The lowest BCUT2D eigenvalue weighted by Gasteiger charge is -2.21. The lowest BCUT2D eigenvalue weighted by Crippen LogP contribution is -2.38. The quantitative estimate of drug-likeness (QED) is 0.406. The van der Waals surface area contributed by atoms with Gasteiger partial charge in [0.1, 0.15) is 0 Å². The summed E-state index contributed by atoms with van der Waals surface area (Å²) >= 11 is 7.29. The van der Waals surface area contributed by atoms with Crippen LogP contribution in [0.15, 0.2) is 17.1 Å². The van der Waals surface area contributed by atoms with Crippen LogP contribution >= 0.6 is 46.9 Å². The number of halogens is 5. The molecule has 0 atom stereocenters. The Balaban J connectivity index is 0.00000400. The molecule has 0 bridgehead atoms. The summed E-state index contributed by atoms with van der Waals surface area (Å²) in [4.78, 5) is 6.79. The fourth-order valence-electron chi connectivity index (χ4n) is 1.50. The molecule has 0 spiro atoms. The normalized spacial score (nSPS) is 12.0. The molecule has 1 aromatic heterocycles. The molecule has 0 saturated heterocycles. The molecule has 0 radical (unpaired) electrons. The monoisotopic (exact) mass is 455 g/mol. The molecule has 0 aliphatic heterocycles. The molecule has 21 heavy (non-hydrogen) atoms. The van der Waals surface area contributed by atoms with Crippen LogP contribution in [0.4, 0.5) is 13.2 Å². The van der Waals surface area contributed by atoms with Crippen LogP contribution in [0.3, 0.4) is 0 Å². The van der Waals surface area contributed by atoms with Crippen LogP contribution in [0, 0.1) is 0 Å². The predicted octanol–water partition coefficient (Wildman–Crippen LogP) is 4.37. The summed E-state index contributed by atoms with van der Waals surface area (Å²) < 4.78 is 37.1. The van der Waals surface area contributed by atoms with Gasteiger partial charge in [-0.05, 0) is 19.1 Å². The Morgan fingerprint density at radius 3 is 2.57 bits per heavy atom. The summed E-state index contributed by atoms with van der Waals surface area (Å²) in [7, 11) is 1.78. The topological polar surface area (TPSA) is 27.6 Å². The summed E-state index contributed by atoms with van der Waals surface area (Å²) in [5, 5.41) is 2.98. The molecule has 122 valence electrons. The van der Waals surface area contributed by atoms with E-state index in [9.17, 15) is 13.2 Å². The van der Waals surface area contributed by atoms with Crippen molar-refractivity contribution in [2.24, 2.45) is 4.99 Å². The van der Waals surface area contributed by atoms with Gasteiger partial charge in [-0.25, -0.2) is 0 Å². The standard InChI is InChI=1S/C12H17ClF3N3S.HI/c1-3-17-11(18-7-6-12(14,15)16)19(2)8-9-4-5-10(13)20-9;/h4-5H,3,6-8H2,1-2H3,(H,17,18);1H. The third-order valence-electron chi connectivity index (χ3n) is 2.38. The van der Waals surface area contributed by atoms with Gasteiger partial charge in [-0.15, -0.1) is 35.3 Å². The van der Waals surface area contributed by atoms with E-state index < -0.39 is 12.6 Å². The Labute approximate surface area is 148 Å². The van der Waals surface area contributed by atoms with Crippen molar-refractivity contribution >= 4 is 52.9 Å². The highest BCUT2D eigenvalue weighted by Gasteiger charge is 2.26. The number of rotatable bonds is 5.